The second-order valence-electron chi connectivity index (χ2n) is 3.60. The Kier molecular flexibility index (Phi) is 3.71. The van der Waals surface area contributed by atoms with E-state index in [1.165, 1.54) is 11.3 Å². The molecular formula is C10H16N2O2S. The number of nitrogens with two attached hydrogens (primary N) is 1. The third-order valence-corrected chi connectivity index (χ3v) is 3.17. The monoisotopic (exact) mass is 228 g/mol. The summed E-state index contributed by atoms with van der Waals surface area (Å²) in [6, 6.07) is 0. The molecule has 0 saturated carbocycles. The number of carbonyl (C=O) groups excluding carboxylic acids is 1. The van der Waals surface area contributed by atoms with Gasteiger partial charge in [-0.1, -0.05) is 0 Å². The maximum absolute atomic E-state index is 11.2. The van der Waals surface area contributed by atoms with Crippen LogP contribution in [0.2, 0.25) is 0 Å². The number of hydrogen-bond donors (Lipinski definition) is 1. The number of methoxy groups -OCH3 is 1. The molecule has 1 rings (SSSR count). The molecule has 0 radical (unpaired) electrons. The first kappa shape index (κ1) is 12.0. The Morgan fingerprint density at radius 2 is 2.13 bits per heavy atom. The maximum atomic E-state index is 11.2. The van der Waals surface area contributed by atoms with E-state index in [1.807, 2.05) is 25.9 Å². The Balaban J connectivity index is 3.22. The van der Waals surface area contributed by atoms with Crippen LogP contribution in [0.25, 0.3) is 0 Å². The van der Waals surface area contributed by atoms with Crippen LogP contribution in [0.4, 0.5) is 0 Å². The highest BCUT2D eigenvalue weighted by Gasteiger charge is 2.20. The van der Waals surface area contributed by atoms with E-state index >= 15 is 0 Å². The number of rotatable bonds is 4. The van der Waals surface area contributed by atoms with Gasteiger partial charge in [0.2, 0.25) is 0 Å². The van der Waals surface area contributed by atoms with Crippen LogP contribution in [0.3, 0.4) is 0 Å². The van der Waals surface area contributed by atoms with Crippen molar-refractivity contribution in [3.8, 4) is 5.75 Å². The molecule has 4 nitrogen and oxygen atoms in total. The van der Waals surface area contributed by atoms with Crippen molar-refractivity contribution in [2.24, 2.45) is 5.73 Å². The summed E-state index contributed by atoms with van der Waals surface area (Å²) in [7, 11) is 5.49. The Bertz CT molecular complexity index is 372. The lowest BCUT2D eigenvalue weighted by atomic mass is 10.2. The molecule has 1 aromatic rings. The molecule has 1 aromatic heterocycles. The minimum Gasteiger partial charge on any atom is -0.495 e. The van der Waals surface area contributed by atoms with Gasteiger partial charge in [-0.15, -0.1) is 11.3 Å². The van der Waals surface area contributed by atoms with Crippen molar-refractivity contribution in [3.63, 3.8) is 0 Å². The molecule has 15 heavy (non-hydrogen) atoms. The van der Waals surface area contributed by atoms with Gasteiger partial charge >= 0.3 is 0 Å². The van der Waals surface area contributed by atoms with Crippen LogP contribution in [0, 0.1) is 6.92 Å². The summed E-state index contributed by atoms with van der Waals surface area (Å²) in [5, 5.41) is 0. The average Bonchev–Trinajstić information content (AvgIpc) is 2.41. The molecule has 0 aliphatic rings. The van der Waals surface area contributed by atoms with Gasteiger partial charge in [-0.2, -0.15) is 0 Å². The summed E-state index contributed by atoms with van der Waals surface area (Å²) < 4.78 is 5.28. The van der Waals surface area contributed by atoms with Crippen molar-refractivity contribution in [2.45, 2.75) is 13.5 Å². The molecule has 0 fully saturated rings. The molecule has 5 heteroatoms. The lowest BCUT2D eigenvalue weighted by molar-refractivity contribution is 0.100. The second kappa shape index (κ2) is 4.63. The molecule has 0 aliphatic heterocycles. The van der Waals surface area contributed by atoms with E-state index < -0.39 is 0 Å². The highest BCUT2D eigenvalue weighted by atomic mass is 32.1. The lowest BCUT2D eigenvalue weighted by Crippen LogP contribution is -2.16. The first-order valence-electron chi connectivity index (χ1n) is 4.58. The standard InChI is InChI=1S/C10H16N2O2S/c1-6-8(14-4)7(5-12(2)3)9(15-6)10(11)13/h5H2,1-4H3,(H2,11,13). The number of primary amides is 1. The summed E-state index contributed by atoms with van der Waals surface area (Å²) in [4.78, 5) is 14.8. The highest BCUT2D eigenvalue weighted by molar-refractivity contribution is 7.14. The number of amides is 1. The minimum atomic E-state index is -0.386. The van der Waals surface area contributed by atoms with Crippen molar-refractivity contribution in [1.82, 2.24) is 4.90 Å². The first-order chi connectivity index (χ1) is 6.97. The van der Waals surface area contributed by atoms with Gasteiger partial charge in [0.1, 0.15) is 10.6 Å². The Morgan fingerprint density at radius 1 is 1.53 bits per heavy atom. The molecule has 1 amide bonds. The second-order valence-corrected chi connectivity index (χ2v) is 4.83. The highest BCUT2D eigenvalue weighted by Crippen LogP contribution is 2.35. The van der Waals surface area contributed by atoms with Crippen molar-refractivity contribution >= 4 is 17.2 Å². The molecule has 2 N–H and O–H groups in total. The van der Waals surface area contributed by atoms with Crippen molar-refractivity contribution in [2.75, 3.05) is 21.2 Å². The number of ether oxygens (including phenoxy) is 1. The van der Waals surface area contributed by atoms with E-state index in [1.54, 1.807) is 7.11 Å². The third kappa shape index (κ3) is 2.49. The van der Waals surface area contributed by atoms with Crippen LogP contribution in [0.1, 0.15) is 20.1 Å². The predicted molar refractivity (Wildman–Crippen MR) is 61.5 cm³/mol. The van der Waals surface area contributed by atoms with Gasteiger partial charge in [-0.05, 0) is 21.0 Å². The SMILES string of the molecule is COc1c(C)sc(C(N)=O)c1CN(C)C. The Hall–Kier alpha value is -1.07. The van der Waals surface area contributed by atoms with Crippen LogP contribution in [-0.4, -0.2) is 32.0 Å². The topological polar surface area (TPSA) is 55.6 Å². The molecule has 0 atom stereocenters. The van der Waals surface area contributed by atoms with Crippen molar-refractivity contribution in [3.05, 3.63) is 15.3 Å². The summed E-state index contributed by atoms with van der Waals surface area (Å²) in [5.74, 6) is 0.394. The molecule has 0 saturated heterocycles. The maximum Gasteiger partial charge on any atom is 0.259 e. The van der Waals surface area contributed by atoms with E-state index in [2.05, 4.69) is 0 Å². The quantitative estimate of drug-likeness (QED) is 0.843. The van der Waals surface area contributed by atoms with Crippen molar-refractivity contribution < 1.29 is 9.53 Å². The molecule has 0 spiro atoms. The summed E-state index contributed by atoms with van der Waals surface area (Å²) in [5.41, 5.74) is 6.21. The van der Waals surface area contributed by atoms with Crippen LogP contribution in [-0.2, 0) is 6.54 Å². The molecule has 84 valence electrons. The van der Waals surface area contributed by atoms with E-state index in [0.717, 1.165) is 16.2 Å². The van der Waals surface area contributed by atoms with Gasteiger partial charge in [0.25, 0.3) is 5.91 Å². The number of aryl methyl sites for hydroxylation is 1. The van der Waals surface area contributed by atoms with Crippen LogP contribution in [0.15, 0.2) is 0 Å². The predicted octanol–water partition coefficient (Wildman–Crippen LogP) is 1.23. The van der Waals surface area contributed by atoms with Gasteiger partial charge < -0.3 is 15.4 Å². The fourth-order valence-electron chi connectivity index (χ4n) is 1.50. The number of nitrogens with zero attached hydrogens (tertiary/aromatic N) is 1. The van der Waals surface area contributed by atoms with E-state index in [-0.39, 0.29) is 5.91 Å². The minimum absolute atomic E-state index is 0.386. The van der Waals surface area contributed by atoms with Gasteiger partial charge in [-0.3, -0.25) is 4.79 Å². The Labute approximate surface area is 93.6 Å². The first-order valence-corrected chi connectivity index (χ1v) is 5.39. The van der Waals surface area contributed by atoms with Gasteiger partial charge in [0.05, 0.1) is 7.11 Å². The van der Waals surface area contributed by atoms with Gasteiger partial charge in [-0.25, -0.2) is 0 Å². The van der Waals surface area contributed by atoms with E-state index in [0.29, 0.717) is 11.4 Å². The average molecular weight is 228 g/mol. The number of carbonyl (C=O) groups is 1. The lowest BCUT2D eigenvalue weighted by Gasteiger charge is -2.11. The zero-order valence-electron chi connectivity index (χ0n) is 9.46. The van der Waals surface area contributed by atoms with Crippen molar-refractivity contribution in [1.29, 1.82) is 0 Å². The summed E-state index contributed by atoms with van der Waals surface area (Å²) in [6.07, 6.45) is 0. The zero-order chi connectivity index (χ0) is 11.6. The summed E-state index contributed by atoms with van der Waals surface area (Å²) >= 11 is 1.39. The number of thiophene rings is 1. The molecule has 1 heterocycles. The summed E-state index contributed by atoms with van der Waals surface area (Å²) in [6.45, 7) is 2.58. The fourth-order valence-corrected chi connectivity index (χ4v) is 2.49. The van der Waals surface area contributed by atoms with E-state index in [4.69, 9.17) is 10.5 Å². The van der Waals surface area contributed by atoms with Gasteiger partial charge in [0, 0.05) is 17.0 Å². The molecular weight excluding hydrogens is 212 g/mol. The van der Waals surface area contributed by atoms with Crippen LogP contribution >= 0.6 is 11.3 Å². The molecule has 0 aliphatic carbocycles. The molecule has 0 unspecified atom stereocenters. The molecule has 0 bridgehead atoms. The van der Waals surface area contributed by atoms with Crippen LogP contribution in [0.5, 0.6) is 5.75 Å². The number of hydrogen-bond acceptors (Lipinski definition) is 4. The largest absolute Gasteiger partial charge is 0.495 e. The molecule has 0 aromatic carbocycles. The zero-order valence-corrected chi connectivity index (χ0v) is 10.3. The Morgan fingerprint density at radius 3 is 2.53 bits per heavy atom. The third-order valence-electron chi connectivity index (χ3n) is 2.03. The normalized spacial score (nSPS) is 10.7. The smallest absolute Gasteiger partial charge is 0.259 e. The van der Waals surface area contributed by atoms with Crippen LogP contribution < -0.4 is 10.5 Å². The van der Waals surface area contributed by atoms with Gasteiger partial charge in [0.15, 0.2) is 0 Å². The fraction of sp³-hybridized carbons (Fsp3) is 0.500. The van der Waals surface area contributed by atoms with E-state index in [9.17, 15) is 4.79 Å².